The number of hydrogen-bond acceptors (Lipinski definition) is 5. The van der Waals surface area contributed by atoms with Gasteiger partial charge >= 0.3 is 0 Å². The van der Waals surface area contributed by atoms with Crippen molar-refractivity contribution >= 4 is 27.4 Å². The third kappa shape index (κ3) is 2.33. The van der Waals surface area contributed by atoms with Crippen molar-refractivity contribution < 1.29 is 4.42 Å². The van der Waals surface area contributed by atoms with E-state index < -0.39 is 0 Å². The van der Waals surface area contributed by atoms with Crippen LogP contribution in [0.25, 0.3) is 5.65 Å². The molecule has 3 heterocycles. The van der Waals surface area contributed by atoms with Crippen molar-refractivity contribution in [2.24, 2.45) is 0 Å². The molecule has 1 N–H and O–H groups in total. The van der Waals surface area contributed by atoms with Gasteiger partial charge in [0.1, 0.15) is 10.4 Å². The van der Waals surface area contributed by atoms with Gasteiger partial charge in [-0.05, 0) is 29.8 Å². The molecule has 3 aromatic heterocycles. The highest BCUT2D eigenvalue weighted by Gasteiger charge is 2.09. The van der Waals surface area contributed by atoms with Gasteiger partial charge in [0.05, 0.1) is 12.2 Å². The fourth-order valence-corrected chi connectivity index (χ4v) is 2.19. The Kier molecular flexibility index (Phi) is 2.98. The van der Waals surface area contributed by atoms with E-state index in [1.165, 1.54) is 0 Å². The summed E-state index contributed by atoms with van der Waals surface area (Å²) in [6.07, 6.45) is 5.45. The molecule has 0 bridgehead atoms. The van der Waals surface area contributed by atoms with Crippen LogP contribution in [0.15, 0.2) is 27.6 Å². The van der Waals surface area contributed by atoms with Crippen LogP contribution in [0, 0.1) is 13.8 Å². The minimum Gasteiger partial charge on any atom is -0.444 e. The highest BCUT2D eigenvalue weighted by Crippen LogP contribution is 2.18. The first-order valence-corrected chi connectivity index (χ1v) is 6.59. The molecule has 98 valence electrons. The Hall–Kier alpha value is -1.89. The molecule has 0 spiro atoms. The number of rotatable bonds is 3. The average Bonchev–Trinajstić information content (AvgIpc) is 2.94. The lowest BCUT2D eigenvalue weighted by atomic mass is 10.4. The molecular weight excluding hydrogens is 310 g/mol. The summed E-state index contributed by atoms with van der Waals surface area (Å²) in [6.45, 7) is 4.29. The van der Waals surface area contributed by atoms with Gasteiger partial charge in [-0.3, -0.25) is 0 Å². The Bertz CT molecular complexity index is 713. The zero-order valence-corrected chi connectivity index (χ0v) is 12.1. The van der Waals surface area contributed by atoms with Crippen molar-refractivity contribution in [3.05, 3.63) is 40.5 Å². The predicted molar refractivity (Wildman–Crippen MR) is 74.0 cm³/mol. The Morgan fingerprint density at radius 1 is 1.37 bits per heavy atom. The molecule has 6 nitrogen and oxygen atoms in total. The highest BCUT2D eigenvalue weighted by atomic mass is 79.9. The lowest BCUT2D eigenvalue weighted by molar-refractivity contribution is 0.478. The van der Waals surface area contributed by atoms with E-state index in [9.17, 15) is 0 Å². The monoisotopic (exact) mass is 321 g/mol. The van der Waals surface area contributed by atoms with Crippen LogP contribution < -0.4 is 5.32 Å². The molecule has 0 aromatic carbocycles. The smallest absolute Gasteiger partial charge is 0.213 e. The molecule has 0 aliphatic carbocycles. The SMILES string of the molecule is Cc1nc(CNc2nc(Br)cn3ccnc23)oc1C. The fourth-order valence-electron chi connectivity index (χ4n) is 1.79. The van der Waals surface area contributed by atoms with Crippen molar-refractivity contribution in [3.63, 3.8) is 0 Å². The molecule has 3 rings (SSSR count). The number of aromatic nitrogens is 4. The molecule has 0 aliphatic rings. The van der Waals surface area contributed by atoms with Gasteiger partial charge in [-0.15, -0.1) is 0 Å². The van der Waals surface area contributed by atoms with E-state index in [0.29, 0.717) is 18.3 Å². The van der Waals surface area contributed by atoms with E-state index >= 15 is 0 Å². The Labute approximate surface area is 118 Å². The summed E-state index contributed by atoms with van der Waals surface area (Å²) in [5, 5.41) is 3.19. The lowest BCUT2D eigenvalue weighted by Crippen LogP contribution is -2.04. The minimum absolute atomic E-state index is 0.473. The minimum atomic E-state index is 0.473. The molecule has 0 fully saturated rings. The molecule has 0 radical (unpaired) electrons. The maximum Gasteiger partial charge on any atom is 0.213 e. The van der Waals surface area contributed by atoms with Gasteiger partial charge in [-0.2, -0.15) is 0 Å². The lowest BCUT2D eigenvalue weighted by Gasteiger charge is -2.05. The van der Waals surface area contributed by atoms with E-state index in [1.807, 2.05) is 30.6 Å². The van der Waals surface area contributed by atoms with Gasteiger partial charge in [-0.25, -0.2) is 15.0 Å². The first-order chi connectivity index (χ1) is 9.13. The zero-order chi connectivity index (χ0) is 13.4. The van der Waals surface area contributed by atoms with Crippen LogP contribution in [-0.2, 0) is 6.54 Å². The predicted octanol–water partition coefficient (Wildman–Crippen LogP) is 2.71. The number of imidazole rings is 1. The summed E-state index contributed by atoms with van der Waals surface area (Å²) in [7, 11) is 0. The van der Waals surface area contributed by atoms with Gasteiger partial charge in [0.15, 0.2) is 11.5 Å². The number of hydrogen-bond donors (Lipinski definition) is 1. The molecule has 0 saturated heterocycles. The third-order valence-electron chi connectivity index (χ3n) is 2.82. The number of aryl methyl sites for hydroxylation is 2. The molecular formula is C12H12BrN5O. The van der Waals surface area contributed by atoms with Crippen molar-refractivity contribution in [2.75, 3.05) is 5.32 Å². The normalized spacial score (nSPS) is 11.1. The van der Waals surface area contributed by atoms with Gasteiger partial charge < -0.3 is 14.1 Å². The van der Waals surface area contributed by atoms with Crippen LogP contribution in [0.5, 0.6) is 0 Å². The van der Waals surface area contributed by atoms with E-state index in [0.717, 1.165) is 21.7 Å². The summed E-state index contributed by atoms with van der Waals surface area (Å²) in [5.41, 5.74) is 1.67. The Morgan fingerprint density at radius 2 is 2.21 bits per heavy atom. The second-order valence-corrected chi connectivity index (χ2v) is 4.99. The summed E-state index contributed by atoms with van der Waals surface area (Å²) in [4.78, 5) is 13.0. The molecule has 0 saturated carbocycles. The first-order valence-electron chi connectivity index (χ1n) is 5.79. The maximum absolute atomic E-state index is 5.52. The van der Waals surface area contributed by atoms with Crippen LogP contribution in [0.4, 0.5) is 5.82 Å². The molecule has 0 aliphatic heterocycles. The van der Waals surface area contributed by atoms with Crippen LogP contribution in [0.3, 0.4) is 0 Å². The summed E-state index contributed by atoms with van der Waals surface area (Å²) in [5.74, 6) is 2.17. The quantitative estimate of drug-likeness (QED) is 0.803. The standard InChI is InChI=1S/C12H12BrN5O/c1-7-8(2)19-10(16-7)5-15-11-12-14-3-4-18(12)6-9(13)17-11/h3-4,6H,5H2,1-2H3,(H,15,17). The molecule has 0 unspecified atom stereocenters. The van der Waals surface area contributed by atoms with Crippen LogP contribution in [0.1, 0.15) is 17.3 Å². The topological polar surface area (TPSA) is 68.2 Å². The third-order valence-corrected chi connectivity index (χ3v) is 3.21. The van der Waals surface area contributed by atoms with Crippen molar-refractivity contribution in [2.45, 2.75) is 20.4 Å². The van der Waals surface area contributed by atoms with Crippen LogP contribution in [-0.4, -0.2) is 19.4 Å². The molecule has 19 heavy (non-hydrogen) atoms. The first kappa shape index (κ1) is 12.2. The van der Waals surface area contributed by atoms with E-state index in [-0.39, 0.29) is 0 Å². The van der Waals surface area contributed by atoms with Crippen LogP contribution >= 0.6 is 15.9 Å². The van der Waals surface area contributed by atoms with Gasteiger partial charge in [0, 0.05) is 18.6 Å². The largest absolute Gasteiger partial charge is 0.444 e. The van der Waals surface area contributed by atoms with E-state index in [2.05, 4.69) is 36.2 Å². The number of halogens is 1. The van der Waals surface area contributed by atoms with Crippen molar-refractivity contribution in [3.8, 4) is 0 Å². The molecule has 3 aromatic rings. The number of nitrogens with one attached hydrogen (secondary N) is 1. The number of fused-ring (bicyclic) bond motifs is 1. The van der Waals surface area contributed by atoms with Gasteiger partial charge in [0.25, 0.3) is 0 Å². The number of oxazole rings is 1. The average molecular weight is 322 g/mol. The fraction of sp³-hybridized carbons (Fsp3) is 0.250. The summed E-state index contributed by atoms with van der Waals surface area (Å²) < 4.78 is 8.15. The van der Waals surface area contributed by atoms with E-state index in [4.69, 9.17) is 4.42 Å². The summed E-state index contributed by atoms with van der Waals surface area (Å²) >= 11 is 3.37. The maximum atomic E-state index is 5.52. The van der Waals surface area contributed by atoms with Crippen molar-refractivity contribution in [1.29, 1.82) is 0 Å². The van der Waals surface area contributed by atoms with E-state index in [1.54, 1.807) is 6.20 Å². The Balaban J connectivity index is 1.87. The summed E-state index contributed by atoms with van der Waals surface area (Å²) in [6, 6.07) is 0. The Morgan fingerprint density at radius 3 is 2.95 bits per heavy atom. The number of nitrogens with zero attached hydrogens (tertiary/aromatic N) is 4. The van der Waals surface area contributed by atoms with Crippen molar-refractivity contribution in [1.82, 2.24) is 19.4 Å². The molecule has 7 heteroatoms. The highest BCUT2D eigenvalue weighted by molar-refractivity contribution is 9.10. The van der Waals surface area contributed by atoms with Crippen LogP contribution in [0.2, 0.25) is 0 Å². The number of anilines is 1. The molecule has 0 amide bonds. The molecule has 0 atom stereocenters. The zero-order valence-electron chi connectivity index (χ0n) is 10.5. The van der Waals surface area contributed by atoms with Gasteiger partial charge in [-0.1, -0.05) is 0 Å². The second-order valence-electron chi connectivity index (χ2n) is 4.17. The second kappa shape index (κ2) is 4.65. The van der Waals surface area contributed by atoms with Gasteiger partial charge in [0.2, 0.25) is 5.89 Å².